The van der Waals surface area contributed by atoms with Gasteiger partial charge in [-0.2, -0.15) is 0 Å². The van der Waals surface area contributed by atoms with Crippen molar-refractivity contribution in [3.8, 4) is 0 Å². The van der Waals surface area contributed by atoms with E-state index in [4.69, 9.17) is 4.98 Å². The zero-order valence-electron chi connectivity index (χ0n) is 14.2. The molecular formula is C19H21N5O. The molecule has 0 saturated carbocycles. The van der Waals surface area contributed by atoms with Crippen LogP contribution in [0.15, 0.2) is 42.7 Å². The van der Waals surface area contributed by atoms with Gasteiger partial charge in [0.05, 0.1) is 23.1 Å². The van der Waals surface area contributed by atoms with E-state index in [1.807, 2.05) is 18.2 Å². The van der Waals surface area contributed by atoms with Crippen LogP contribution in [0.1, 0.15) is 35.9 Å². The van der Waals surface area contributed by atoms with Crippen molar-refractivity contribution < 1.29 is 4.79 Å². The highest BCUT2D eigenvalue weighted by Crippen LogP contribution is 2.21. The van der Waals surface area contributed by atoms with Gasteiger partial charge in [-0.3, -0.25) is 14.7 Å². The summed E-state index contributed by atoms with van der Waals surface area (Å²) in [7, 11) is 0. The number of anilines is 1. The third-order valence-electron chi connectivity index (χ3n) is 4.76. The number of pyridine rings is 1. The van der Waals surface area contributed by atoms with Gasteiger partial charge in [-0.05, 0) is 56.6 Å². The second-order valence-corrected chi connectivity index (χ2v) is 6.57. The van der Waals surface area contributed by atoms with Crippen LogP contribution in [0, 0.1) is 0 Å². The molecule has 1 atom stereocenters. The van der Waals surface area contributed by atoms with Crippen LogP contribution in [-0.2, 0) is 6.54 Å². The smallest absolute Gasteiger partial charge is 0.257 e. The molecule has 0 spiro atoms. The number of aromatic nitrogens is 3. The number of hydrogen-bond donors (Lipinski definition) is 2. The number of carbonyl (C=O) groups excluding carboxylic acids is 1. The van der Waals surface area contributed by atoms with Crippen LogP contribution in [0.3, 0.4) is 0 Å². The summed E-state index contributed by atoms with van der Waals surface area (Å²) >= 11 is 0. The third kappa shape index (κ3) is 3.39. The minimum Gasteiger partial charge on any atom is -0.341 e. The molecule has 0 bridgehead atoms. The number of imidazole rings is 1. The summed E-state index contributed by atoms with van der Waals surface area (Å²) in [5.41, 5.74) is 3.12. The molecule has 1 unspecified atom stereocenters. The van der Waals surface area contributed by atoms with E-state index in [-0.39, 0.29) is 5.91 Å². The molecule has 2 aromatic heterocycles. The lowest BCUT2D eigenvalue weighted by atomic mass is 10.2. The summed E-state index contributed by atoms with van der Waals surface area (Å²) in [5, 5.41) is 2.90. The van der Waals surface area contributed by atoms with Gasteiger partial charge in [0, 0.05) is 24.1 Å². The van der Waals surface area contributed by atoms with Gasteiger partial charge in [-0.1, -0.05) is 0 Å². The van der Waals surface area contributed by atoms with E-state index < -0.39 is 0 Å². The van der Waals surface area contributed by atoms with E-state index in [2.05, 4.69) is 27.1 Å². The van der Waals surface area contributed by atoms with E-state index in [1.165, 1.54) is 12.8 Å². The molecule has 128 valence electrons. The number of aromatic amines is 1. The van der Waals surface area contributed by atoms with Gasteiger partial charge in [-0.15, -0.1) is 0 Å². The van der Waals surface area contributed by atoms with Crippen LogP contribution in [0.25, 0.3) is 11.0 Å². The quantitative estimate of drug-likeness (QED) is 0.768. The minimum atomic E-state index is -0.172. The van der Waals surface area contributed by atoms with E-state index in [0.717, 1.165) is 35.6 Å². The molecule has 1 aliphatic rings. The Bertz CT molecular complexity index is 889. The summed E-state index contributed by atoms with van der Waals surface area (Å²) in [6.07, 6.45) is 5.71. The Hall–Kier alpha value is -2.73. The topological polar surface area (TPSA) is 73.9 Å². The Morgan fingerprint density at radius 1 is 1.40 bits per heavy atom. The van der Waals surface area contributed by atoms with E-state index in [0.29, 0.717) is 11.6 Å². The monoisotopic (exact) mass is 335 g/mol. The molecule has 25 heavy (non-hydrogen) atoms. The summed E-state index contributed by atoms with van der Waals surface area (Å²) in [6, 6.07) is 9.84. The lowest BCUT2D eigenvalue weighted by Gasteiger charge is -2.19. The van der Waals surface area contributed by atoms with Gasteiger partial charge in [0.1, 0.15) is 5.82 Å². The van der Waals surface area contributed by atoms with Crippen LogP contribution in [0.4, 0.5) is 5.69 Å². The van der Waals surface area contributed by atoms with Crippen LogP contribution in [-0.4, -0.2) is 38.3 Å². The van der Waals surface area contributed by atoms with Crippen molar-refractivity contribution in [1.29, 1.82) is 0 Å². The van der Waals surface area contributed by atoms with Gasteiger partial charge in [0.15, 0.2) is 0 Å². The van der Waals surface area contributed by atoms with Crippen LogP contribution < -0.4 is 5.32 Å². The maximum atomic E-state index is 12.2. The molecule has 1 saturated heterocycles. The third-order valence-corrected chi connectivity index (χ3v) is 4.76. The predicted octanol–water partition coefficient (Wildman–Crippen LogP) is 3.19. The summed E-state index contributed by atoms with van der Waals surface area (Å²) in [6.45, 7) is 4.24. The van der Waals surface area contributed by atoms with Crippen molar-refractivity contribution in [3.63, 3.8) is 0 Å². The number of fused-ring (bicyclic) bond motifs is 1. The average molecular weight is 335 g/mol. The van der Waals surface area contributed by atoms with Crippen LogP contribution >= 0.6 is 0 Å². The van der Waals surface area contributed by atoms with Gasteiger partial charge in [-0.25, -0.2) is 4.98 Å². The fourth-order valence-corrected chi connectivity index (χ4v) is 3.33. The van der Waals surface area contributed by atoms with E-state index in [1.54, 1.807) is 24.5 Å². The lowest BCUT2D eigenvalue weighted by molar-refractivity contribution is 0.102. The Labute approximate surface area is 146 Å². The zero-order valence-corrected chi connectivity index (χ0v) is 14.2. The highest BCUT2D eigenvalue weighted by atomic mass is 16.1. The Morgan fingerprint density at radius 3 is 3.08 bits per heavy atom. The highest BCUT2D eigenvalue weighted by Gasteiger charge is 2.21. The number of benzene rings is 1. The first kappa shape index (κ1) is 15.8. The molecule has 6 nitrogen and oxygen atoms in total. The number of likely N-dealkylation sites (tertiary alicyclic amines) is 1. The number of nitrogens with one attached hydrogen (secondary N) is 2. The maximum absolute atomic E-state index is 12.2. The van der Waals surface area contributed by atoms with Crippen molar-refractivity contribution in [2.24, 2.45) is 0 Å². The molecule has 1 aliphatic heterocycles. The van der Waals surface area contributed by atoms with Crippen molar-refractivity contribution in [2.75, 3.05) is 11.9 Å². The van der Waals surface area contributed by atoms with E-state index in [9.17, 15) is 4.79 Å². The Kier molecular flexibility index (Phi) is 4.19. The number of rotatable bonds is 4. The Morgan fingerprint density at radius 2 is 2.32 bits per heavy atom. The number of nitrogens with zero attached hydrogens (tertiary/aromatic N) is 3. The molecule has 3 aromatic rings. The molecule has 6 heteroatoms. The number of amides is 1. The molecule has 4 rings (SSSR count). The fraction of sp³-hybridized carbons (Fsp3) is 0.316. The van der Waals surface area contributed by atoms with Crippen LogP contribution in [0.5, 0.6) is 0 Å². The predicted molar refractivity (Wildman–Crippen MR) is 97.4 cm³/mol. The lowest BCUT2D eigenvalue weighted by Crippen LogP contribution is -2.26. The fourth-order valence-electron chi connectivity index (χ4n) is 3.33. The molecule has 1 fully saturated rings. The highest BCUT2D eigenvalue weighted by molar-refractivity contribution is 6.04. The average Bonchev–Trinajstić information content (AvgIpc) is 3.21. The number of H-pyrrole nitrogens is 1. The summed E-state index contributed by atoms with van der Waals surface area (Å²) in [4.78, 5) is 26.7. The van der Waals surface area contributed by atoms with E-state index >= 15 is 0 Å². The summed E-state index contributed by atoms with van der Waals surface area (Å²) in [5.74, 6) is 0.800. The SMILES string of the molecule is CC1CCCN1Cc1nc2cc(NC(=O)c3cccnc3)ccc2[nH]1. The summed E-state index contributed by atoms with van der Waals surface area (Å²) < 4.78 is 0. The zero-order chi connectivity index (χ0) is 17.2. The van der Waals surface area contributed by atoms with Crippen molar-refractivity contribution in [1.82, 2.24) is 19.9 Å². The Balaban J connectivity index is 1.51. The standard InChI is InChI=1S/C19H21N5O/c1-13-4-3-9-24(13)12-18-22-16-7-6-15(10-17(16)23-18)21-19(25)14-5-2-8-20-11-14/h2,5-8,10-11,13H,3-4,9,12H2,1H3,(H,21,25)(H,22,23). The number of hydrogen-bond acceptors (Lipinski definition) is 4. The van der Waals surface area contributed by atoms with Gasteiger partial charge >= 0.3 is 0 Å². The number of carbonyl (C=O) groups is 1. The first-order valence-electron chi connectivity index (χ1n) is 8.63. The molecule has 1 aromatic carbocycles. The normalized spacial score (nSPS) is 17.9. The van der Waals surface area contributed by atoms with Crippen molar-refractivity contribution in [2.45, 2.75) is 32.4 Å². The minimum absolute atomic E-state index is 0.172. The van der Waals surface area contributed by atoms with Crippen molar-refractivity contribution in [3.05, 3.63) is 54.1 Å². The molecule has 2 N–H and O–H groups in total. The maximum Gasteiger partial charge on any atom is 0.257 e. The van der Waals surface area contributed by atoms with Gasteiger partial charge in [0.2, 0.25) is 0 Å². The molecular weight excluding hydrogens is 314 g/mol. The van der Waals surface area contributed by atoms with Gasteiger partial charge in [0.25, 0.3) is 5.91 Å². The van der Waals surface area contributed by atoms with Crippen LogP contribution in [0.2, 0.25) is 0 Å². The van der Waals surface area contributed by atoms with Crippen molar-refractivity contribution >= 4 is 22.6 Å². The first-order chi connectivity index (χ1) is 12.2. The first-order valence-corrected chi connectivity index (χ1v) is 8.63. The second kappa shape index (κ2) is 6.64. The largest absolute Gasteiger partial charge is 0.341 e. The van der Waals surface area contributed by atoms with Gasteiger partial charge < -0.3 is 10.3 Å². The molecule has 1 amide bonds. The molecule has 0 aliphatic carbocycles. The molecule has 0 radical (unpaired) electrons. The second-order valence-electron chi connectivity index (χ2n) is 6.57. The molecule has 3 heterocycles.